The number of aromatic nitrogens is 8. The first-order valence-corrected chi connectivity index (χ1v) is 16.6. The third-order valence-corrected chi connectivity index (χ3v) is 9.47. The summed E-state index contributed by atoms with van der Waals surface area (Å²) in [6.07, 6.45) is 6.94. The summed E-state index contributed by atoms with van der Waals surface area (Å²) in [5.41, 5.74) is 11.3. The van der Waals surface area contributed by atoms with Gasteiger partial charge in [0.1, 0.15) is 23.7 Å². The van der Waals surface area contributed by atoms with Gasteiger partial charge in [0.25, 0.3) is 5.56 Å². The lowest BCUT2D eigenvalue weighted by Gasteiger charge is -2.17. The van der Waals surface area contributed by atoms with E-state index in [1.807, 2.05) is 83.6 Å². The number of aromatic amines is 1. The van der Waals surface area contributed by atoms with E-state index in [0.29, 0.717) is 58.8 Å². The van der Waals surface area contributed by atoms with Crippen molar-refractivity contribution in [3.8, 4) is 28.6 Å². The van der Waals surface area contributed by atoms with Crippen molar-refractivity contribution in [2.24, 2.45) is 0 Å². The van der Waals surface area contributed by atoms with Crippen LogP contribution in [0.2, 0.25) is 0 Å². The molecular formula is C39H29N9O4. The first-order chi connectivity index (χ1) is 25.5. The van der Waals surface area contributed by atoms with Crippen LogP contribution in [0.4, 0.5) is 5.82 Å². The third-order valence-electron chi connectivity index (χ3n) is 9.47. The highest BCUT2D eigenvalue weighted by atomic mass is 16.5. The highest BCUT2D eigenvalue weighted by Gasteiger charge is 2.29. The van der Waals surface area contributed by atoms with Gasteiger partial charge in [0.15, 0.2) is 23.6 Å². The maximum atomic E-state index is 14.0. The molecule has 0 radical (unpaired) electrons. The molecule has 0 fully saturated rings. The van der Waals surface area contributed by atoms with Gasteiger partial charge in [0.2, 0.25) is 0 Å². The summed E-state index contributed by atoms with van der Waals surface area (Å²) in [5.74, 6) is 1.80. The fourth-order valence-corrected chi connectivity index (χ4v) is 7.01. The van der Waals surface area contributed by atoms with E-state index in [4.69, 9.17) is 20.4 Å². The number of hydrogen-bond acceptors (Lipinski definition) is 9. The molecule has 1 aliphatic carbocycles. The van der Waals surface area contributed by atoms with Crippen LogP contribution in [0.5, 0.6) is 5.75 Å². The highest BCUT2D eigenvalue weighted by Crippen LogP contribution is 2.37. The Morgan fingerprint density at radius 1 is 0.942 bits per heavy atom. The largest absolute Gasteiger partial charge is 0.488 e. The van der Waals surface area contributed by atoms with Gasteiger partial charge in [-0.15, -0.1) is 0 Å². The average Bonchev–Trinajstić information content (AvgIpc) is 3.93. The number of nitrogens with one attached hydrogen (secondary N) is 1. The summed E-state index contributed by atoms with van der Waals surface area (Å²) in [6, 6.07) is 27.2. The second-order valence-electron chi connectivity index (χ2n) is 12.5. The second kappa shape index (κ2) is 12.3. The Morgan fingerprint density at radius 2 is 1.83 bits per heavy atom. The van der Waals surface area contributed by atoms with Crippen LogP contribution >= 0.6 is 0 Å². The minimum Gasteiger partial charge on any atom is -0.488 e. The Balaban J connectivity index is 1.12. The summed E-state index contributed by atoms with van der Waals surface area (Å²) in [7, 11) is 0. The zero-order chi connectivity index (χ0) is 35.3. The van der Waals surface area contributed by atoms with Crippen LogP contribution in [0.25, 0.3) is 45.0 Å². The first-order valence-electron chi connectivity index (χ1n) is 16.6. The van der Waals surface area contributed by atoms with Crippen LogP contribution in [0.1, 0.15) is 39.5 Å². The molecular weight excluding hydrogens is 658 g/mol. The number of benzene rings is 3. The number of imidazole rings is 1. The van der Waals surface area contributed by atoms with E-state index in [-0.39, 0.29) is 23.3 Å². The predicted molar refractivity (Wildman–Crippen MR) is 195 cm³/mol. The molecule has 3 N–H and O–H groups in total. The number of pyridine rings is 2. The number of anilines is 1. The number of carbonyl (C=O) groups is 1. The second-order valence-corrected chi connectivity index (χ2v) is 12.5. The maximum Gasteiger partial charge on any atom is 0.329 e. The average molecular weight is 688 g/mol. The van der Waals surface area contributed by atoms with E-state index in [0.717, 1.165) is 22.4 Å². The van der Waals surface area contributed by atoms with E-state index < -0.39 is 17.3 Å². The predicted octanol–water partition coefficient (Wildman–Crippen LogP) is 5.18. The molecule has 9 rings (SSSR count). The van der Waals surface area contributed by atoms with Gasteiger partial charge in [-0.3, -0.25) is 18.7 Å². The lowest BCUT2D eigenvalue weighted by molar-refractivity contribution is 0.111. The molecule has 0 aliphatic heterocycles. The normalized spacial score (nSPS) is 13.8. The van der Waals surface area contributed by atoms with E-state index in [1.165, 1.54) is 16.7 Å². The van der Waals surface area contributed by atoms with E-state index in [9.17, 15) is 14.4 Å². The molecule has 13 nitrogen and oxygen atoms in total. The van der Waals surface area contributed by atoms with E-state index in [1.54, 1.807) is 23.1 Å². The quantitative estimate of drug-likeness (QED) is 0.205. The minimum absolute atomic E-state index is 0.220. The molecule has 0 saturated carbocycles. The maximum absolute atomic E-state index is 14.0. The Hall–Kier alpha value is -7.15. The van der Waals surface area contributed by atoms with Crippen LogP contribution in [0.3, 0.4) is 0 Å². The lowest BCUT2D eigenvalue weighted by Crippen LogP contribution is -2.38. The molecule has 0 unspecified atom stereocenters. The molecule has 0 saturated heterocycles. The molecule has 8 aromatic rings. The van der Waals surface area contributed by atoms with Gasteiger partial charge in [-0.25, -0.2) is 24.4 Å². The fourth-order valence-electron chi connectivity index (χ4n) is 7.01. The number of aldehydes is 1. The zero-order valence-electron chi connectivity index (χ0n) is 27.5. The van der Waals surface area contributed by atoms with Gasteiger partial charge in [-0.2, -0.15) is 5.10 Å². The van der Waals surface area contributed by atoms with Gasteiger partial charge in [0, 0.05) is 30.3 Å². The van der Waals surface area contributed by atoms with Gasteiger partial charge < -0.3 is 15.5 Å². The van der Waals surface area contributed by atoms with Crippen molar-refractivity contribution < 1.29 is 9.53 Å². The van der Waals surface area contributed by atoms with Crippen molar-refractivity contribution in [2.45, 2.75) is 25.5 Å². The molecule has 13 heteroatoms. The summed E-state index contributed by atoms with van der Waals surface area (Å²) < 4.78 is 10.8. The third kappa shape index (κ3) is 5.14. The number of H-pyrrole nitrogens is 1. The van der Waals surface area contributed by atoms with Gasteiger partial charge in [-0.05, 0) is 78.1 Å². The SMILES string of the molecule is Nc1ncccc1-c1nc2ccc(-n3cccn3)nc2n1-c1ccc2c(c1)CC[C@@H]2n1c(=O)[nH]c2cc(OCc3ccccc3)c(C=O)cc2c1=O. The summed E-state index contributed by atoms with van der Waals surface area (Å²) in [4.78, 5) is 56.7. The van der Waals surface area contributed by atoms with Crippen molar-refractivity contribution in [3.63, 3.8) is 0 Å². The monoisotopic (exact) mass is 687 g/mol. The Morgan fingerprint density at radius 3 is 2.63 bits per heavy atom. The number of fused-ring (bicyclic) bond motifs is 3. The van der Waals surface area contributed by atoms with E-state index in [2.05, 4.69) is 15.1 Å². The van der Waals surface area contributed by atoms with Crippen LogP contribution < -0.4 is 21.7 Å². The number of nitrogen functional groups attached to an aromatic ring is 1. The Kier molecular flexibility index (Phi) is 7.31. The molecule has 0 spiro atoms. The number of rotatable bonds is 8. The van der Waals surface area contributed by atoms with Crippen LogP contribution in [0, 0.1) is 0 Å². The molecule has 52 heavy (non-hydrogen) atoms. The summed E-state index contributed by atoms with van der Waals surface area (Å²) in [5, 5.41) is 4.56. The first kappa shape index (κ1) is 30.9. The van der Waals surface area contributed by atoms with Crippen LogP contribution in [-0.4, -0.2) is 45.1 Å². The number of nitrogens with zero attached hydrogens (tertiary/aromatic N) is 7. The zero-order valence-corrected chi connectivity index (χ0v) is 27.5. The van der Waals surface area contributed by atoms with Crippen molar-refractivity contribution >= 4 is 34.2 Å². The molecule has 5 aromatic heterocycles. The van der Waals surface area contributed by atoms with Gasteiger partial charge in [-0.1, -0.05) is 36.4 Å². The van der Waals surface area contributed by atoms with Crippen LogP contribution in [-0.2, 0) is 13.0 Å². The summed E-state index contributed by atoms with van der Waals surface area (Å²) >= 11 is 0. The molecule has 254 valence electrons. The van der Waals surface area contributed by atoms with Crippen LogP contribution in [0.15, 0.2) is 119 Å². The lowest BCUT2D eigenvalue weighted by atomic mass is 10.1. The number of nitrogens with two attached hydrogens (primary N) is 1. The smallest absolute Gasteiger partial charge is 0.329 e. The van der Waals surface area contributed by atoms with Crippen molar-refractivity contribution in [1.82, 2.24) is 38.9 Å². The molecule has 5 heterocycles. The van der Waals surface area contributed by atoms with Gasteiger partial charge >= 0.3 is 5.69 Å². The molecule has 1 aliphatic rings. The number of aryl methyl sites for hydroxylation is 1. The molecule has 0 amide bonds. The fraction of sp³-hybridized carbons (Fsp3) is 0.103. The van der Waals surface area contributed by atoms with Gasteiger partial charge in [0.05, 0.1) is 28.1 Å². The number of hydrogen-bond donors (Lipinski definition) is 2. The Labute approximate surface area is 294 Å². The molecule has 1 atom stereocenters. The van der Waals surface area contributed by atoms with Crippen molar-refractivity contribution in [2.75, 3.05) is 5.73 Å². The van der Waals surface area contributed by atoms with E-state index >= 15 is 0 Å². The molecule has 3 aromatic carbocycles. The van der Waals surface area contributed by atoms with Crippen molar-refractivity contribution in [3.05, 3.63) is 153 Å². The highest BCUT2D eigenvalue weighted by molar-refractivity contribution is 5.90. The summed E-state index contributed by atoms with van der Waals surface area (Å²) in [6.45, 7) is 0.225. The minimum atomic E-state index is -0.544. The standard InChI is InChI=1S/C39H29N9O4/c40-35-28(8-4-15-41-35)36-43-30-12-14-34(46-17-5-16-42-46)45-37(30)47(36)26-10-11-27-24(18-26)9-13-32(27)48-38(50)29-19-25(21-49)33(20-31(29)44-39(48)51)52-22-23-6-2-1-3-7-23/h1-8,10-12,14-21,32H,9,13,22H2,(H2,40,41)(H,44,51)/t32-/m0/s1. The number of ether oxygens (including phenoxy) is 1. The number of carbonyl (C=O) groups excluding carboxylic acids is 1. The Bertz CT molecular complexity index is 2790. The molecule has 0 bridgehead atoms. The topological polar surface area (TPSA) is 169 Å². The van der Waals surface area contributed by atoms with Crippen molar-refractivity contribution in [1.29, 1.82) is 0 Å².